The fraction of sp³-hybridized carbons (Fsp3) is 0.455. The molecule has 3 rings (SSSR count). The van der Waals surface area contributed by atoms with E-state index in [9.17, 15) is 0 Å². The van der Waals surface area contributed by atoms with E-state index in [-0.39, 0.29) is 0 Å². The highest BCUT2D eigenvalue weighted by Crippen LogP contribution is 2.35. The van der Waals surface area contributed by atoms with Crippen molar-refractivity contribution in [2.45, 2.75) is 23.0 Å². The number of rotatable bonds is 2. The van der Waals surface area contributed by atoms with E-state index in [1.807, 2.05) is 23.9 Å². The SMILES string of the molecule is Nc1ccc(SC2CCOCC2)c2nonc12. The van der Waals surface area contributed by atoms with Gasteiger partial charge in [-0.2, -0.15) is 0 Å². The summed E-state index contributed by atoms with van der Waals surface area (Å²) in [6.07, 6.45) is 2.14. The van der Waals surface area contributed by atoms with Crippen LogP contribution in [0.3, 0.4) is 0 Å². The minimum Gasteiger partial charge on any atom is -0.397 e. The summed E-state index contributed by atoms with van der Waals surface area (Å²) in [7, 11) is 0. The van der Waals surface area contributed by atoms with Crippen LogP contribution < -0.4 is 5.73 Å². The van der Waals surface area contributed by atoms with Gasteiger partial charge in [0.25, 0.3) is 0 Å². The van der Waals surface area contributed by atoms with Crippen molar-refractivity contribution < 1.29 is 9.37 Å². The van der Waals surface area contributed by atoms with Crippen LogP contribution in [0.15, 0.2) is 21.7 Å². The Labute approximate surface area is 103 Å². The highest BCUT2D eigenvalue weighted by molar-refractivity contribution is 8.00. The van der Waals surface area contributed by atoms with Gasteiger partial charge in [0, 0.05) is 23.4 Å². The Bertz CT molecular complexity index is 522. The summed E-state index contributed by atoms with van der Waals surface area (Å²) in [4.78, 5) is 1.09. The highest BCUT2D eigenvalue weighted by atomic mass is 32.2. The van der Waals surface area contributed by atoms with Crippen molar-refractivity contribution in [1.29, 1.82) is 0 Å². The van der Waals surface area contributed by atoms with Gasteiger partial charge in [0.15, 0.2) is 11.0 Å². The van der Waals surface area contributed by atoms with E-state index < -0.39 is 0 Å². The Morgan fingerprint density at radius 2 is 1.94 bits per heavy atom. The smallest absolute Gasteiger partial charge is 0.159 e. The topological polar surface area (TPSA) is 74.2 Å². The van der Waals surface area contributed by atoms with Gasteiger partial charge in [-0.3, -0.25) is 0 Å². The predicted octanol–water partition coefficient (Wildman–Crippen LogP) is 2.08. The summed E-state index contributed by atoms with van der Waals surface area (Å²) >= 11 is 1.81. The van der Waals surface area contributed by atoms with Crippen LogP contribution in [0.2, 0.25) is 0 Å². The highest BCUT2D eigenvalue weighted by Gasteiger charge is 2.18. The first-order chi connectivity index (χ1) is 8.34. The van der Waals surface area contributed by atoms with Crippen molar-refractivity contribution in [1.82, 2.24) is 10.3 Å². The van der Waals surface area contributed by atoms with Crippen LogP contribution in [0, 0.1) is 0 Å². The Morgan fingerprint density at radius 3 is 2.76 bits per heavy atom. The molecule has 1 saturated heterocycles. The Kier molecular flexibility index (Phi) is 2.90. The molecular formula is C11H13N3O2S. The van der Waals surface area contributed by atoms with Crippen molar-refractivity contribution >= 4 is 28.5 Å². The molecule has 1 aromatic heterocycles. The molecule has 6 heteroatoms. The molecule has 1 aliphatic heterocycles. The van der Waals surface area contributed by atoms with Gasteiger partial charge in [-0.15, -0.1) is 11.8 Å². The molecule has 1 aliphatic rings. The molecule has 90 valence electrons. The lowest BCUT2D eigenvalue weighted by molar-refractivity contribution is 0.100. The zero-order valence-corrected chi connectivity index (χ0v) is 10.1. The van der Waals surface area contributed by atoms with E-state index >= 15 is 0 Å². The number of hydrogen-bond donors (Lipinski definition) is 1. The lowest BCUT2D eigenvalue weighted by Crippen LogP contribution is -2.17. The number of hydrogen-bond acceptors (Lipinski definition) is 6. The van der Waals surface area contributed by atoms with Crippen LogP contribution in [0.1, 0.15) is 12.8 Å². The third kappa shape index (κ3) is 2.10. The Hall–Kier alpha value is -1.27. The van der Waals surface area contributed by atoms with E-state index in [4.69, 9.17) is 15.1 Å². The molecule has 0 unspecified atom stereocenters. The van der Waals surface area contributed by atoms with E-state index in [0.717, 1.165) is 36.5 Å². The van der Waals surface area contributed by atoms with E-state index in [0.29, 0.717) is 16.5 Å². The molecule has 17 heavy (non-hydrogen) atoms. The summed E-state index contributed by atoms with van der Waals surface area (Å²) in [5.74, 6) is 0. The van der Waals surface area contributed by atoms with Gasteiger partial charge in [-0.1, -0.05) is 0 Å². The quantitative estimate of drug-likeness (QED) is 0.824. The van der Waals surface area contributed by atoms with Gasteiger partial charge in [-0.25, -0.2) is 4.63 Å². The summed E-state index contributed by atoms with van der Waals surface area (Å²) in [6.45, 7) is 1.68. The fourth-order valence-electron chi connectivity index (χ4n) is 1.93. The Morgan fingerprint density at radius 1 is 1.18 bits per heavy atom. The molecule has 0 aliphatic carbocycles. The molecule has 2 heterocycles. The molecule has 0 bridgehead atoms. The molecule has 2 aromatic rings. The second-order valence-corrected chi connectivity index (χ2v) is 5.39. The van der Waals surface area contributed by atoms with Crippen LogP contribution in [-0.4, -0.2) is 28.8 Å². The lowest BCUT2D eigenvalue weighted by atomic mass is 10.2. The zero-order valence-electron chi connectivity index (χ0n) is 9.26. The third-order valence-electron chi connectivity index (χ3n) is 2.87. The maximum absolute atomic E-state index is 5.81. The largest absolute Gasteiger partial charge is 0.397 e. The monoisotopic (exact) mass is 251 g/mol. The number of nitrogens with zero attached hydrogens (tertiary/aromatic N) is 2. The molecular weight excluding hydrogens is 238 g/mol. The van der Waals surface area contributed by atoms with E-state index in [2.05, 4.69) is 10.3 Å². The van der Waals surface area contributed by atoms with Crippen molar-refractivity contribution in [2.24, 2.45) is 0 Å². The molecule has 2 N–H and O–H groups in total. The number of thioether (sulfide) groups is 1. The molecule has 0 radical (unpaired) electrons. The lowest BCUT2D eigenvalue weighted by Gasteiger charge is -2.21. The average molecular weight is 251 g/mol. The molecule has 0 atom stereocenters. The molecule has 0 saturated carbocycles. The molecule has 0 amide bonds. The second kappa shape index (κ2) is 4.54. The number of aromatic nitrogens is 2. The minimum absolute atomic E-state index is 0.576. The van der Waals surface area contributed by atoms with Gasteiger partial charge in [-0.05, 0) is 35.3 Å². The van der Waals surface area contributed by atoms with Crippen molar-refractivity contribution in [3.05, 3.63) is 12.1 Å². The molecule has 5 nitrogen and oxygen atoms in total. The molecule has 0 spiro atoms. The van der Waals surface area contributed by atoms with Gasteiger partial charge >= 0.3 is 0 Å². The van der Waals surface area contributed by atoms with Gasteiger partial charge in [0.2, 0.25) is 0 Å². The molecule has 1 aromatic carbocycles. The summed E-state index contributed by atoms with van der Waals surface area (Å²) in [6, 6.07) is 3.84. The number of ether oxygens (including phenoxy) is 1. The number of anilines is 1. The average Bonchev–Trinajstić information content (AvgIpc) is 2.84. The van der Waals surface area contributed by atoms with Crippen LogP contribution >= 0.6 is 11.8 Å². The molecule has 1 fully saturated rings. The predicted molar refractivity (Wildman–Crippen MR) is 65.9 cm³/mol. The fourth-order valence-corrected chi connectivity index (χ4v) is 3.11. The number of benzene rings is 1. The summed E-state index contributed by atoms with van der Waals surface area (Å²) in [5, 5.41) is 8.33. The first-order valence-electron chi connectivity index (χ1n) is 5.60. The van der Waals surface area contributed by atoms with Crippen LogP contribution in [0.25, 0.3) is 11.0 Å². The van der Waals surface area contributed by atoms with Crippen LogP contribution in [0.4, 0.5) is 5.69 Å². The summed E-state index contributed by atoms with van der Waals surface area (Å²) < 4.78 is 10.1. The maximum atomic E-state index is 5.81. The number of fused-ring (bicyclic) bond motifs is 1. The normalized spacial score (nSPS) is 17.6. The zero-order chi connectivity index (χ0) is 11.7. The van der Waals surface area contributed by atoms with Crippen LogP contribution in [0.5, 0.6) is 0 Å². The second-order valence-electron chi connectivity index (χ2n) is 4.04. The van der Waals surface area contributed by atoms with E-state index in [1.54, 1.807) is 0 Å². The maximum Gasteiger partial charge on any atom is 0.159 e. The minimum atomic E-state index is 0.576. The number of nitrogens with two attached hydrogens (primary N) is 1. The van der Waals surface area contributed by atoms with Crippen molar-refractivity contribution in [2.75, 3.05) is 18.9 Å². The van der Waals surface area contributed by atoms with Gasteiger partial charge in [0.05, 0.1) is 5.69 Å². The third-order valence-corrected chi connectivity index (χ3v) is 4.26. The summed E-state index contributed by atoms with van der Waals surface area (Å²) in [5.41, 5.74) is 7.84. The number of nitrogen functional groups attached to an aromatic ring is 1. The Balaban J connectivity index is 1.89. The first-order valence-corrected chi connectivity index (χ1v) is 6.48. The van der Waals surface area contributed by atoms with Gasteiger partial charge in [0.1, 0.15) is 0 Å². The van der Waals surface area contributed by atoms with Gasteiger partial charge < -0.3 is 10.5 Å². The van der Waals surface area contributed by atoms with E-state index in [1.165, 1.54) is 0 Å². The first kappa shape index (κ1) is 10.9. The standard InChI is InChI=1S/C11H13N3O2S/c12-8-1-2-9(11-10(8)13-16-14-11)17-7-3-5-15-6-4-7/h1-2,7H,3-6,12H2. The van der Waals surface area contributed by atoms with Crippen LogP contribution in [-0.2, 0) is 4.74 Å². The van der Waals surface area contributed by atoms with Crippen molar-refractivity contribution in [3.63, 3.8) is 0 Å². The van der Waals surface area contributed by atoms with Crippen molar-refractivity contribution in [3.8, 4) is 0 Å².